The average molecular weight is 695 g/mol. The van der Waals surface area contributed by atoms with Crippen molar-refractivity contribution in [1.82, 2.24) is 14.1 Å². The zero-order valence-corrected chi connectivity index (χ0v) is 30.7. The van der Waals surface area contributed by atoms with E-state index in [1.54, 1.807) is 0 Å². The highest BCUT2D eigenvalue weighted by molar-refractivity contribution is 6.20. The van der Waals surface area contributed by atoms with Crippen LogP contribution in [0.5, 0.6) is 11.5 Å². The number of aromatic nitrogens is 3. The summed E-state index contributed by atoms with van der Waals surface area (Å²) in [4.78, 5) is 11.5. The molecule has 0 bridgehead atoms. The van der Waals surface area contributed by atoms with E-state index in [9.17, 15) is 0 Å². The lowest BCUT2D eigenvalue weighted by molar-refractivity contribution is 0.483. The molecule has 7 heteroatoms. The quantitative estimate of drug-likeness (QED) is 0.166. The summed E-state index contributed by atoms with van der Waals surface area (Å²) in [6, 6.07) is 47.0. The first-order chi connectivity index (χ1) is 25.7. The van der Waals surface area contributed by atoms with Crippen molar-refractivity contribution in [3.8, 4) is 23.0 Å². The Bertz CT molecular complexity index is 2640. The van der Waals surface area contributed by atoms with Gasteiger partial charge in [0.05, 0.1) is 28.7 Å². The molecule has 8 aromatic rings. The third-order valence-electron chi connectivity index (χ3n) is 10.2. The number of fused-ring (bicyclic) bond motifs is 5. The lowest BCUT2D eigenvalue weighted by atomic mass is 9.87. The maximum Gasteiger partial charge on any atom is 0.139 e. The SMILES string of the molecule is CN(C)c1ccnc(-n2c3cc(Oc4cccc(N5C=CN(c6ccc(C(C)(C)C)cc6)C5)c4)ccc3c3c2c2ccccc2n3-c2ccccc2)c1. The van der Waals surface area contributed by atoms with Gasteiger partial charge < -0.3 is 24.0 Å². The van der Waals surface area contributed by atoms with Crippen molar-refractivity contribution < 1.29 is 4.74 Å². The highest BCUT2D eigenvalue weighted by Crippen LogP contribution is 2.42. The second kappa shape index (κ2) is 12.6. The van der Waals surface area contributed by atoms with Crippen molar-refractivity contribution in [2.75, 3.05) is 35.5 Å². The molecule has 0 fully saturated rings. The Balaban J connectivity index is 1.11. The smallest absolute Gasteiger partial charge is 0.139 e. The fourth-order valence-electron chi connectivity index (χ4n) is 7.44. The third-order valence-corrected chi connectivity index (χ3v) is 10.2. The first-order valence-electron chi connectivity index (χ1n) is 18.1. The summed E-state index contributed by atoms with van der Waals surface area (Å²) >= 11 is 0. The van der Waals surface area contributed by atoms with Crippen LogP contribution < -0.4 is 19.4 Å². The van der Waals surface area contributed by atoms with Gasteiger partial charge in [-0.1, -0.05) is 75.4 Å². The molecular formula is C46H42N6O. The maximum absolute atomic E-state index is 6.66. The zero-order valence-electron chi connectivity index (χ0n) is 30.7. The monoisotopic (exact) mass is 694 g/mol. The molecule has 3 aromatic heterocycles. The van der Waals surface area contributed by atoms with Gasteiger partial charge in [-0.15, -0.1) is 0 Å². The van der Waals surface area contributed by atoms with Gasteiger partial charge in [0, 0.05) is 84.4 Å². The summed E-state index contributed by atoms with van der Waals surface area (Å²) in [6.07, 6.45) is 6.15. The van der Waals surface area contributed by atoms with Crippen LogP contribution in [0.15, 0.2) is 152 Å². The number of para-hydroxylation sites is 2. The molecule has 1 aliphatic heterocycles. The Kier molecular flexibility index (Phi) is 7.73. The molecule has 4 heterocycles. The number of ether oxygens (including phenoxy) is 1. The Morgan fingerprint density at radius 2 is 1.26 bits per heavy atom. The molecule has 0 saturated carbocycles. The minimum atomic E-state index is 0.127. The lowest BCUT2D eigenvalue weighted by Gasteiger charge is -2.23. The molecule has 1 aliphatic rings. The first-order valence-corrected chi connectivity index (χ1v) is 18.1. The second-order valence-corrected chi connectivity index (χ2v) is 14.9. The molecule has 0 amide bonds. The number of pyridine rings is 1. The van der Waals surface area contributed by atoms with E-state index in [1.807, 2.05) is 18.3 Å². The third kappa shape index (κ3) is 5.75. The Morgan fingerprint density at radius 3 is 2.04 bits per heavy atom. The van der Waals surface area contributed by atoms with Crippen LogP contribution >= 0.6 is 0 Å². The molecule has 9 rings (SSSR count). The largest absolute Gasteiger partial charge is 0.457 e. The number of nitrogens with zero attached hydrogens (tertiary/aromatic N) is 6. The summed E-state index contributed by atoms with van der Waals surface area (Å²) in [5.41, 5.74) is 10.3. The summed E-state index contributed by atoms with van der Waals surface area (Å²) in [7, 11) is 4.12. The molecule has 0 N–H and O–H groups in total. The Hall–Kier alpha value is -6.47. The lowest BCUT2D eigenvalue weighted by Crippen LogP contribution is -2.24. The van der Waals surface area contributed by atoms with Crippen LogP contribution in [0.3, 0.4) is 0 Å². The van der Waals surface area contributed by atoms with Crippen molar-refractivity contribution in [2.24, 2.45) is 0 Å². The van der Waals surface area contributed by atoms with Gasteiger partial charge in [-0.05, 0) is 71.6 Å². The van der Waals surface area contributed by atoms with Crippen LogP contribution in [0.25, 0.3) is 44.3 Å². The van der Waals surface area contributed by atoms with Gasteiger partial charge in [-0.3, -0.25) is 4.57 Å². The van der Waals surface area contributed by atoms with E-state index in [0.717, 1.165) is 73.9 Å². The van der Waals surface area contributed by atoms with Gasteiger partial charge in [-0.25, -0.2) is 4.98 Å². The van der Waals surface area contributed by atoms with Crippen LogP contribution in [0.1, 0.15) is 26.3 Å². The van der Waals surface area contributed by atoms with Crippen molar-refractivity contribution in [3.05, 3.63) is 158 Å². The second-order valence-electron chi connectivity index (χ2n) is 14.9. The van der Waals surface area contributed by atoms with Crippen molar-refractivity contribution in [3.63, 3.8) is 0 Å². The maximum atomic E-state index is 6.66. The van der Waals surface area contributed by atoms with E-state index in [2.05, 4.69) is 192 Å². The Labute approximate surface area is 310 Å². The molecule has 0 saturated heterocycles. The van der Waals surface area contributed by atoms with Crippen molar-refractivity contribution >= 4 is 49.9 Å². The van der Waals surface area contributed by atoms with Gasteiger partial charge >= 0.3 is 0 Å². The molecule has 0 spiro atoms. The zero-order chi connectivity index (χ0) is 36.3. The molecule has 7 nitrogen and oxygen atoms in total. The van der Waals surface area contributed by atoms with Crippen molar-refractivity contribution in [2.45, 2.75) is 26.2 Å². The van der Waals surface area contributed by atoms with Crippen LogP contribution in [0, 0.1) is 0 Å². The number of hydrogen-bond acceptors (Lipinski definition) is 5. The molecule has 5 aromatic carbocycles. The minimum absolute atomic E-state index is 0.127. The van der Waals surface area contributed by atoms with Gasteiger partial charge in [0.25, 0.3) is 0 Å². The van der Waals surface area contributed by atoms with Crippen LogP contribution in [0.2, 0.25) is 0 Å². The number of benzene rings is 5. The van der Waals surface area contributed by atoms with Gasteiger partial charge in [0.2, 0.25) is 0 Å². The highest BCUT2D eigenvalue weighted by Gasteiger charge is 2.24. The number of rotatable bonds is 7. The van der Waals surface area contributed by atoms with Crippen LogP contribution in [0.4, 0.5) is 17.1 Å². The molecule has 53 heavy (non-hydrogen) atoms. The molecule has 0 unspecified atom stereocenters. The van der Waals surface area contributed by atoms with Crippen molar-refractivity contribution in [1.29, 1.82) is 0 Å². The normalized spacial score (nSPS) is 13.2. The van der Waals surface area contributed by atoms with E-state index >= 15 is 0 Å². The predicted octanol–water partition coefficient (Wildman–Crippen LogP) is 11.0. The van der Waals surface area contributed by atoms with E-state index in [4.69, 9.17) is 9.72 Å². The number of anilines is 3. The summed E-state index contributed by atoms with van der Waals surface area (Å²) in [5, 5.41) is 2.28. The van der Waals surface area contributed by atoms with E-state index < -0.39 is 0 Å². The van der Waals surface area contributed by atoms with E-state index in [0.29, 0.717) is 0 Å². The topological polar surface area (TPSA) is 41.7 Å². The first kappa shape index (κ1) is 32.4. The molecule has 0 radical (unpaired) electrons. The molecule has 0 atom stereocenters. The molecule has 0 aliphatic carbocycles. The summed E-state index contributed by atoms with van der Waals surface area (Å²) < 4.78 is 11.3. The Morgan fingerprint density at radius 1 is 0.585 bits per heavy atom. The summed E-state index contributed by atoms with van der Waals surface area (Å²) in [5.74, 6) is 2.38. The fraction of sp³-hybridized carbons (Fsp3) is 0.152. The van der Waals surface area contributed by atoms with Crippen LogP contribution in [-0.2, 0) is 5.41 Å². The minimum Gasteiger partial charge on any atom is -0.457 e. The van der Waals surface area contributed by atoms with Gasteiger partial charge in [-0.2, -0.15) is 0 Å². The molecular weight excluding hydrogens is 653 g/mol. The average Bonchev–Trinajstić information content (AvgIpc) is 3.88. The van der Waals surface area contributed by atoms with Crippen LogP contribution in [-0.4, -0.2) is 34.9 Å². The van der Waals surface area contributed by atoms with Gasteiger partial charge in [0.15, 0.2) is 0 Å². The summed E-state index contributed by atoms with van der Waals surface area (Å²) in [6.45, 7) is 7.46. The predicted molar refractivity (Wildman–Crippen MR) is 220 cm³/mol. The van der Waals surface area contributed by atoms with E-state index in [1.165, 1.54) is 11.3 Å². The molecule has 262 valence electrons. The highest BCUT2D eigenvalue weighted by atomic mass is 16.5. The van der Waals surface area contributed by atoms with Gasteiger partial charge in [0.1, 0.15) is 17.3 Å². The number of hydrogen-bond donors (Lipinski definition) is 0. The fourth-order valence-corrected chi connectivity index (χ4v) is 7.44. The standard InChI is InChI=1S/C46H42N6O/c1-46(2,3)32-18-20-33(21-19-32)49-26-27-50(31-49)36-14-11-15-37(28-36)53-38-22-23-40-42(30-38)52(43-29-35(48(4)5)24-25-47-43)45-39-16-9-10-17-41(39)51(44(40)45)34-12-7-6-8-13-34/h6-30H,31H2,1-5H3. The van der Waals surface area contributed by atoms with E-state index in [-0.39, 0.29) is 5.41 Å².